The summed E-state index contributed by atoms with van der Waals surface area (Å²) >= 11 is 0. The van der Waals surface area contributed by atoms with Crippen molar-refractivity contribution < 1.29 is 23.2 Å². The highest BCUT2D eigenvalue weighted by Crippen LogP contribution is 2.43. The van der Waals surface area contributed by atoms with E-state index in [-0.39, 0.29) is 21.8 Å². The van der Waals surface area contributed by atoms with Crippen LogP contribution in [0.5, 0.6) is 0 Å². The number of hydrogen-bond donors (Lipinski definition) is 1. The van der Waals surface area contributed by atoms with Crippen LogP contribution in [0.3, 0.4) is 0 Å². The second kappa shape index (κ2) is 6.79. The number of benzene rings is 1. The van der Waals surface area contributed by atoms with Gasteiger partial charge >= 0.3 is 0 Å². The van der Waals surface area contributed by atoms with Gasteiger partial charge in [-0.05, 0) is 26.3 Å². The fourth-order valence-electron chi connectivity index (χ4n) is 3.22. The third kappa shape index (κ3) is 3.48. The maximum Gasteiger partial charge on any atom is 0.249 e. The maximum atomic E-state index is 12.7. The first kappa shape index (κ1) is 18.9. The number of ketones is 1. The van der Waals surface area contributed by atoms with Gasteiger partial charge in [-0.15, -0.1) is 0 Å². The molecule has 0 saturated heterocycles. The number of sulfone groups is 1. The summed E-state index contributed by atoms with van der Waals surface area (Å²) in [6, 6.07) is 6.99. The molecule has 0 amide bonds. The van der Waals surface area contributed by atoms with Crippen molar-refractivity contribution >= 4 is 15.6 Å². The Bertz CT molecular complexity index is 879. The van der Waals surface area contributed by atoms with Crippen LogP contribution in [0.2, 0.25) is 0 Å². The first-order valence-electron chi connectivity index (χ1n) is 7.60. The first-order chi connectivity index (χ1) is 11.6. The lowest BCUT2D eigenvalue weighted by Crippen LogP contribution is -2.23. The molecule has 1 aromatic carbocycles. The molecule has 1 N–H and O–H groups in total. The van der Waals surface area contributed by atoms with Gasteiger partial charge in [0.2, 0.25) is 6.04 Å². The molecule has 1 heterocycles. The van der Waals surface area contributed by atoms with Crippen molar-refractivity contribution in [1.82, 2.24) is 0 Å². The quantitative estimate of drug-likeness (QED) is 0.371. The van der Waals surface area contributed by atoms with Gasteiger partial charge in [0.1, 0.15) is 5.75 Å². The van der Waals surface area contributed by atoms with Gasteiger partial charge in [-0.1, -0.05) is 30.3 Å². The molecule has 0 saturated carbocycles. The van der Waals surface area contributed by atoms with Crippen molar-refractivity contribution in [3.8, 4) is 0 Å². The second-order valence-electron chi connectivity index (χ2n) is 6.03. The van der Waals surface area contributed by atoms with E-state index >= 15 is 0 Å². The lowest BCUT2D eigenvalue weighted by atomic mass is 9.85. The lowest BCUT2D eigenvalue weighted by Gasteiger charge is -2.21. The number of carbonyl (C=O) groups is 1. The molecule has 8 heteroatoms. The first-order valence-corrected chi connectivity index (χ1v) is 9.25. The molecule has 134 valence electrons. The molecule has 1 aromatic rings. The van der Waals surface area contributed by atoms with E-state index in [1.807, 2.05) is 0 Å². The van der Waals surface area contributed by atoms with E-state index in [1.165, 1.54) is 20.8 Å². The van der Waals surface area contributed by atoms with Gasteiger partial charge in [-0.2, -0.15) is 0 Å². The molecule has 0 bridgehead atoms. The minimum Gasteiger partial charge on any atom is -0.512 e. The highest BCUT2D eigenvalue weighted by molar-refractivity contribution is 7.95. The molecular weight excluding hydrogens is 346 g/mol. The Morgan fingerprint density at radius 1 is 1.28 bits per heavy atom. The number of hydrogen-bond acceptors (Lipinski definition) is 6. The van der Waals surface area contributed by atoms with Crippen LogP contribution >= 0.6 is 0 Å². The van der Waals surface area contributed by atoms with Crippen molar-refractivity contribution in [2.45, 2.75) is 32.7 Å². The summed E-state index contributed by atoms with van der Waals surface area (Å²) in [4.78, 5) is 22.5. The molecule has 7 nitrogen and oxygen atoms in total. The SMILES string of the molecule is CC(=O)/C(=C(/C)O)[C@@H](C1=C(C)[C@H]([N+](=O)[O-])CS1(=O)=O)c1ccccc1. The normalized spacial score (nSPS) is 21.6. The number of carbonyl (C=O) groups excluding carboxylic acids is 1. The van der Waals surface area contributed by atoms with Crippen LogP contribution in [-0.2, 0) is 14.6 Å². The van der Waals surface area contributed by atoms with Crippen LogP contribution in [0.15, 0.2) is 52.1 Å². The van der Waals surface area contributed by atoms with Crippen molar-refractivity contribution in [3.05, 3.63) is 67.8 Å². The average Bonchev–Trinajstić information content (AvgIpc) is 2.75. The summed E-state index contributed by atoms with van der Waals surface area (Å²) in [7, 11) is -3.95. The molecule has 0 aromatic heterocycles. The van der Waals surface area contributed by atoms with Crippen molar-refractivity contribution in [2.75, 3.05) is 5.75 Å². The zero-order valence-corrected chi connectivity index (χ0v) is 14.9. The summed E-state index contributed by atoms with van der Waals surface area (Å²) in [5.74, 6) is -2.51. The van der Waals surface area contributed by atoms with Crippen LogP contribution in [0, 0.1) is 10.1 Å². The van der Waals surface area contributed by atoms with Crippen molar-refractivity contribution in [1.29, 1.82) is 0 Å². The standard InChI is InChI=1S/C17H19NO6S/c1-10-14(18(21)22)9-25(23,24)17(10)16(13-7-5-4-6-8-13)15(11(2)19)12(3)20/h4-8,14,16,19H,9H2,1-3H3/b15-11+/t14-,16+/m1/s1. The van der Waals surface area contributed by atoms with Gasteiger partial charge in [0.05, 0.1) is 16.6 Å². The van der Waals surface area contributed by atoms with Gasteiger partial charge in [0.15, 0.2) is 15.6 Å². The Kier molecular flexibility index (Phi) is 5.12. The molecule has 0 radical (unpaired) electrons. The van der Waals surface area contributed by atoms with Crippen LogP contribution in [-0.4, -0.2) is 36.0 Å². The van der Waals surface area contributed by atoms with Crippen LogP contribution < -0.4 is 0 Å². The number of allylic oxidation sites excluding steroid dienone is 3. The monoisotopic (exact) mass is 365 g/mol. The van der Waals surface area contributed by atoms with E-state index in [0.717, 1.165) is 0 Å². The Morgan fingerprint density at radius 3 is 2.24 bits per heavy atom. The third-order valence-corrected chi connectivity index (χ3v) is 6.29. The van der Waals surface area contributed by atoms with Crippen LogP contribution in [0.4, 0.5) is 0 Å². The zero-order chi connectivity index (χ0) is 18.9. The number of aliphatic hydroxyl groups excluding tert-OH is 1. The minimum absolute atomic E-state index is 0.0758. The number of aliphatic hydroxyl groups is 1. The molecule has 1 aliphatic heterocycles. The second-order valence-corrected chi connectivity index (χ2v) is 8.03. The van der Waals surface area contributed by atoms with E-state index in [9.17, 15) is 28.4 Å². The van der Waals surface area contributed by atoms with E-state index in [2.05, 4.69) is 0 Å². The average molecular weight is 365 g/mol. The number of rotatable bonds is 5. The minimum atomic E-state index is -3.95. The maximum absolute atomic E-state index is 12.7. The van der Waals surface area contributed by atoms with Gasteiger partial charge in [-0.3, -0.25) is 14.9 Å². The Balaban J connectivity index is 2.83. The third-order valence-electron chi connectivity index (χ3n) is 4.31. The van der Waals surface area contributed by atoms with Gasteiger partial charge in [0.25, 0.3) is 0 Å². The summed E-state index contributed by atoms with van der Waals surface area (Å²) in [6.45, 7) is 3.93. The molecule has 25 heavy (non-hydrogen) atoms. The smallest absolute Gasteiger partial charge is 0.249 e. The van der Waals surface area contributed by atoms with E-state index in [4.69, 9.17) is 0 Å². The molecular formula is C17H19NO6S. The number of nitrogens with zero attached hydrogens (tertiary/aromatic N) is 1. The molecule has 1 aliphatic rings. The van der Waals surface area contributed by atoms with Gasteiger partial charge in [-0.25, -0.2) is 8.42 Å². The molecule has 0 unspecified atom stereocenters. The fraction of sp³-hybridized carbons (Fsp3) is 0.353. The van der Waals surface area contributed by atoms with Gasteiger partial charge in [0, 0.05) is 16.1 Å². The Morgan fingerprint density at radius 2 is 1.84 bits per heavy atom. The van der Waals surface area contributed by atoms with Crippen molar-refractivity contribution in [3.63, 3.8) is 0 Å². The topological polar surface area (TPSA) is 115 Å². The molecule has 0 aliphatic carbocycles. The summed E-state index contributed by atoms with van der Waals surface area (Å²) in [5, 5.41) is 21.2. The molecule has 0 fully saturated rings. The predicted octanol–water partition coefficient (Wildman–Crippen LogP) is 2.54. The Labute approximate surface area is 145 Å². The molecule has 2 atom stereocenters. The highest BCUT2D eigenvalue weighted by atomic mass is 32.2. The molecule has 0 spiro atoms. The van der Waals surface area contributed by atoms with Crippen LogP contribution in [0.25, 0.3) is 0 Å². The summed E-state index contributed by atoms with van der Waals surface area (Å²) < 4.78 is 25.3. The number of nitro groups is 1. The van der Waals surface area contributed by atoms with Crippen molar-refractivity contribution in [2.24, 2.45) is 0 Å². The largest absolute Gasteiger partial charge is 0.512 e. The lowest BCUT2D eigenvalue weighted by molar-refractivity contribution is -0.505. The van der Waals surface area contributed by atoms with Gasteiger partial charge < -0.3 is 5.11 Å². The predicted molar refractivity (Wildman–Crippen MR) is 92.5 cm³/mol. The zero-order valence-electron chi connectivity index (χ0n) is 14.1. The summed E-state index contributed by atoms with van der Waals surface area (Å²) in [6.07, 6.45) is 0. The van der Waals surface area contributed by atoms with Crippen LogP contribution in [0.1, 0.15) is 32.3 Å². The summed E-state index contributed by atoms with van der Waals surface area (Å²) in [5.41, 5.74) is 0.495. The van der Waals surface area contributed by atoms with E-state index in [1.54, 1.807) is 30.3 Å². The van der Waals surface area contributed by atoms with E-state index < -0.39 is 38.3 Å². The fourth-order valence-corrected chi connectivity index (χ4v) is 5.43. The van der Waals surface area contributed by atoms with E-state index in [0.29, 0.717) is 5.56 Å². The molecule has 2 rings (SSSR count). The Hall–Kier alpha value is -2.48. The number of Topliss-reactive ketones (excluding diaryl/α,β-unsaturated/α-hetero) is 1. The highest BCUT2D eigenvalue weighted by Gasteiger charge is 2.47.